The van der Waals surface area contributed by atoms with Gasteiger partial charge in [-0.3, -0.25) is 14.3 Å². The molecular weight excluding hydrogens is 372 g/mol. The van der Waals surface area contributed by atoms with E-state index in [4.69, 9.17) is 0 Å². The quantitative estimate of drug-likeness (QED) is 0.589. The van der Waals surface area contributed by atoms with E-state index in [0.29, 0.717) is 4.47 Å². The highest BCUT2D eigenvalue weighted by atomic mass is 79.9. The molecule has 20 heavy (non-hydrogen) atoms. The molecule has 0 aliphatic carbocycles. The van der Waals surface area contributed by atoms with Gasteiger partial charge in [0.1, 0.15) is 0 Å². The Morgan fingerprint density at radius 2 is 2.10 bits per heavy atom. The first kappa shape index (κ1) is 17.2. The molecule has 2 atom stereocenters. The molecule has 1 N–H and O–H groups in total. The SMILES string of the molecule is CC(CNS(=O)(=O)c1cc(Br)ccc1[N+](=O)[O-])S(C)=O. The van der Waals surface area contributed by atoms with Crippen LogP contribution in [0.1, 0.15) is 6.92 Å². The summed E-state index contributed by atoms with van der Waals surface area (Å²) in [4.78, 5) is 9.69. The van der Waals surface area contributed by atoms with Crippen molar-refractivity contribution < 1.29 is 17.6 Å². The predicted molar refractivity (Wildman–Crippen MR) is 79.5 cm³/mol. The molecule has 10 heteroatoms. The average molecular weight is 385 g/mol. The van der Waals surface area contributed by atoms with E-state index in [1.807, 2.05) is 0 Å². The monoisotopic (exact) mass is 384 g/mol. The number of nitro benzene ring substituents is 1. The highest BCUT2D eigenvalue weighted by Gasteiger charge is 2.26. The summed E-state index contributed by atoms with van der Waals surface area (Å²) in [5, 5.41) is 10.5. The van der Waals surface area contributed by atoms with Gasteiger partial charge in [0.25, 0.3) is 5.69 Å². The first-order valence-electron chi connectivity index (χ1n) is 5.41. The van der Waals surface area contributed by atoms with Crippen LogP contribution in [0.15, 0.2) is 27.6 Å². The van der Waals surface area contributed by atoms with Crippen LogP contribution < -0.4 is 4.72 Å². The lowest BCUT2D eigenvalue weighted by atomic mass is 10.3. The van der Waals surface area contributed by atoms with Gasteiger partial charge in [-0.25, -0.2) is 13.1 Å². The van der Waals surface area contributed by atoms with Crippen LogP contribution in [0.25, 0.3) is 0 Å². The zero-order valence-corrected chi connectivity index (χ0v) is 13.9. The molecule has 0 fully saturated rings. The fourth-order valence-electron chi connectivity index (χ4n) is 1.28. The standard InChI is InChI=1S/C10H13BrN2O5S2/c1-7(19(2)16)6-12-20(17,18)10-5-8(11)3-4-9(10)13(14)15/h3-5,7,12H,6H2,1-2H3. The lowest BCUT2D eigenvalue weighted by Crippen LogP contribution is -2.33. The molecule has 0 heterocycles. The van der Waals surface area contributed by atoms with Gasteiger partial charge in [-0.1, -0.05) is 15.9 Å². The van der Waals surface area contributed by atoms with Crippen molar-refractivity contribution in [3.05, 3.63) is 32.8 Å². The van der Waals surface area contributed by atoms with Crippen molar-refractivity contribution in [3.8, 4) is 0 Å². The molecular formula is C10H13BrN2O5S2. The number of nitrogens with zero attached hydrogens (tertiary/aromatic N) is 1. The van der Waals surface area contributed by atoms with Crippen LogP contribution >= 0.6 is 15.9 Å². The van der Waals surface area contributed by atoms with E-state index in [1.165, 1.54) is 12.3 Å². The summed E-state index contributed by atoms with van der Waals surface area (Å²) in [5.74, 6) is 0. The van der Waals surface area contributed by atoms with Crippen molar-refractivity contribution in [3.63, 3.8) is 0 Å². The van der Waals surface area contributed by atoms with Crippen LogP contribution in [-0.2, 0) is 20.8 Å². The minimum atomic E-state index is -4.04. The van der Waals surface area contributed by atoms with E-state index in [0.717, 1.165) is 12.1 Å². The fourth-order valence-corrected chi connectivity index (χ4v) is 3.54. The smallest absolute Gasteiger partial charge is 0.260 e. The minimum absolute atomic E-state index is 0.0604. The van der Waals surface area contributed by atoms with Gasteiger partial charge >= 0.3 is 0 Å². The molecule has 0 amide bonds. The maximum atomic E-state index is 12.1. The molecule has 0 aromatic heterocycles. The molecule has 0 aliphatic rings. The van der Waals surface area contributed by atoms with Gasteiger partial charge in [-0.2, -0.15) is 0 Å². The fraction of sp³-hybridized carbons (Fsp3) is 0.400. The number of nitrogens with one attached hydrogen (secondary N) is 1. The van der Waals surface area contributed by atoms with Crippen molar-refractivity contribution in [1.29, 1.82) is 0 Å². The zero-order chi connectivity index (χ0) is 15.5. The number of sulfonamides is 1. The van der Waals surface area contributed by atoms with E-state index in [2.05, 4.69) is 20.7 Å². The number of benzene rings is 1. The summed E-state index contributed by atoms with van der Waals surface area (Å²) in [7, 11) is -5.23. The Hall–Kier alpha value is -0.840. The van der Waals surface area contributed by atoms with Gasteiger partial charge in [0.05, 0.1) is 4.92 Å². The van der Waals surface area contributed by atoms with E-state index in [-0.39, 0.29) is 6.54 Å². The number of hydrogen-bond donors (Lipinski definition) is 1. The number of rotatable bonds is 6. The topological polar surface area (TPSA) is 106 Å². The Morgan fingerprint density at radius 1 is 1.50 bits per heavy atom. The van der Waals surface area contributed by atoms with Gasteiger partial charge in [-0.15, -0.1) is 0 Å². The van der Waals surface area contributed by atoms with Crippen molar-refractivity contribution in [1.82, 2.24) is 4.72 Å². The van der Waals surface area contributed by atoms with E-state index in [9.17, 15) is 22.7 Å². The van der Waals surface area contributed by atoms with Crippen LogP contribution in [0.3, 0.4) is 0 Å². The third-order valence-corrected chi connectivity index (χ3v) is 5.78. The van der Waals surface area contributed by atoms with Crippen LogP contribution in [0.2, 0.25) is 0 Å². The zero-order valence-electron chi connectivity index (χ0n) is 10.7. The van der Waals surface area contributed by atoms with Crippen molar-refractivity contribution in [2.24, 2.45) is 0 Å². The minimum Gasteiger partial charge on any atom is -0.260 e. The Balaban J connectivity index is 3.12. The molecule has 2 unspecified atom stereocenters. The Bertz CT molecular complexity index is 647. The maximum Gasteiger partial charge on any atom is 0.289 e. The molecule has 0 saturated heterocycles. The lowest BCUT2D eigenvalue weighted by Gasteiger charge is -2.11. The Labute approximate surface area is 127 Å². The molecule has 112 valence electrons. The third kappa shape index (κ3) is 4.33. The molecule has 0 radical (unpaired) electrons. The largest absolute Gasteiger partial charge is 0.289 e. The first-order chi connectivity index (χ1) is 9.15. The lowest BCUT2D eigenvalue weighted by molar-refractivity contribution is -0.387. The van der Waals surface area contributed by atoms with Crippen molar-refractivity contribution in [2.45, 2.75) is 17.1 Å². The van der Waals surface area contributed by atoms with Crippen LogP contribution in [-0.4, -0.2) is 35.6 Å². The maximum absolute atomic E-state index is 12.1. The van der Waals surface area contributed by atoms with Crippen molar-refractivity contribution in [2.75, 3.05) is 12.8 Å². The Morgan fingerprint density at radius 3 is 2.60 bits per heavy atom. The van der Waals surface area contributed by atoms with E-state index < -0.39 is 41.6 Å². The summed E-state index contributed by atoms with van der Waals surface area (Å²) < 4.78 is 38.0. The van der Waals surface area contributed by atoms with Gasteiger partial charge < -0.3 is 0 Å². The average Bonchev–Trinajstić information content (AvgIpc) is 2.35. The summed E-state index contributed by atoms with van der Waals surface area (Å²) in [5.41, 5.74) is -0.508. The molecule has 0 spiro atoms. The summed E-state index contributed by atoms with van der Waals surface area (Å²) in [6, 6.07) is 3.66. The normalized spacial score (nSPS) is 14.8. The summed E-state index contributed by atoms with van der Waals surface area (Å²) in [6.45, 7) is 1.56. The van der Waals surface area contributed by atoms with E-state index >= 15 is 0 Å². The van der Waals surface area contributed by atoms with Crippen LogP contribution in [0.5, 0.6) is 0 Å². The highest BCUT2D eigenvalue weighted by molar-refractivity contribution is 9.10. The second-order valence-corrected chi connectivity index (χ2v) is 8.48. The first-order valence-corrected chi connectivity index (χ1v) is 9.30. The molecule has 0 aliphatic heterocycles. The molecule has 1 aromatic carbocycles. The van der Waals surface area contributed by atoms with E-state index in [1.54, 1.807) is 6.92 Å². The highest BCUT2D eigenvalue weighted by Crippen LogP contribution is 2.27. The van der Waals surface area contributed by atoms with Crippen LogP contribution in [0, 0.1) is 10.1 Å². The molecule has 1 aromatic rings. The molecule has 0 saturated carbocycles. The summed E-state index contributed by atoms with van der Waals surface area (Å²) >= 11 is 3.08. The van der Waals surface area contributed by atoms with Crippen molar-refractivity contribution >= 4 is 42.4 Å². The second-order valence-electron chi connectivity index (χ2n) is 4.03. The van der Waals surface area contributed by atoms with Gasteiger partial charge in [-0.05, 0) is 19.1 Å². The van der Waals surface area contributed by atoms with Crippen LogP contribution in [0.4, 0.5) is 5.69 Å². The Kier molecular flexibility index (Phi) is 5.80. The molecule has 0 bridgehead atoms. The summed E-state index contributed by atoms with van der Waals surface area (Å²) in [6.07, 6.45) is 1.46. The van der Waals surface area contributed by atoms with Gasteiger partial charge in [0.15, 0.2) is 4.90 Å². The molecule has 1 rings (SSSR count). The predicted octanol–water partition coefficient (Wildman–Crippen LogP) is 1.40. The number of hydrogen-bond acceptors (Lipinski definition) is 5. The van der Waals surface area contributed by atoms with Gasteiger partial charge in [0.2, 0.25) is 10.0 Å². The second kappa shape index (κ2) is 6.74. The van der Waals surface area contributed by atoms with Gasteiger partial charge in [0, 0.05) is 39.4 Å². The third-order valence-electron chi connectivity index (χ3n) is 2.54. The number of halogens is 1. The number of nitro groups is 1. The molecule has 7 nitrogen and oxygen atoms in total.